The van der Waals surface area contributed by atoms with E-state index in [0.29, 0.717) is 5.82 Å². The molecule has 5 heteroatoms. The minimum atomic E-state index is 0.713. The van der Waals surface area contributed by atoms with E-state index in [1.165, 1.54) is 58.7 Å². The lowest BCUT2D eigenvalue weighted by Crippen LogP contribution is -1.98. The van der Waals surface area contributed by atoms with Crippen LogP contribution in [0.25, 0.3) is 97.9 Å². The zero-order valence-electron chi connectivity index (χ0n) is 27.4. The second-order valence-electron chi connectivity index (χ2n) is 13.0. The quantitative estimate of drug-likeness (QED) is 0.187. The molecule has 0 atom stereocenters. The van der Waals surface area contributed by atoms with Crippen LogP contribution in [-0.2, 0) is 0 Å². The Bertz CT molecular complexity index is 3130. The molecule has 0 amide bonds. The number of para-hydroxylation sites is 4. The monoisotopic (exact) mass is 668 g/mol. The summed E-state index contributed by atoms with van der Waals surface area (Å²) in [6, 6.07) is 60.3. The predicted molar refractivity (Wildman–Crippen MR) is 214 cm³/mol. The fourth-order valence-corrected chi connectivity index (χ4v) is 9.25. The molecule has 51 heavy (non-hydrogen) atoms. The average Bonchev–Trinajstić information content (AvgIpc) is 3.85. The lowest BCUT2D eigenvalue weighted by atomic mass is 10.1. The van der Waals surface area contributed by atoms with Gasteiger partial charge in [-0.2, -0.15) is 0 Å². The molecular weight excluding hydrogens is 641 g/mol. The molecule has 7 aromatic carbocycles. The molecule has 0 saturated carbocycles. The third-order valence-electron chi connectivity index (χ3n) is 10.1. The van der Waals surface area contributed by atoms with E-state index < -0.39 is 0 Å². The van der Waals surface area contributed by atoms with E-state index >= 15 is 0 Å². The van der Waals surface area contributed by atoms with Crippen molar-refractivity contribution in [3.8, 4) is 34.0 Å². The Morgan fingerprint density at radius 3 is 1.78 bits per heavy atom. The van der Waals surface area contributed by atoms with Crippen LogP contribution in [0.2, 0.25) is 0 Å². The van der Waals surface area contributed by atoms with Gasteiger partial charge in [0.15, 0.2) is 5.82 Å². The molecule has 0 spiro atoms. The summed E-state index contributed by atoms with van der Waals surface area (Å²) >= 11 is 1.90. The molecule has 4 nitrogen and oxygen atoms in total. The van der Waals surface area contributed by atoms with Crippen molar-refractivity contribution in [3.05, 3.63) is 170 Å². The van der Waals surface area contributed by atoms with Crippen LogP contribution in [0, 0.1) is 0 Å². The molecule has 0 aliphatic rings. The molecule has 0 radical (unpaired) electrons. The summed E-state index contributed by atoms with van der Waals surface area (Å²) in [6.45, 7) is 0. The first-order valence-electron chi connectivity index (χ1n) is 17.2. The van der Waals surface area contributed by atoms with Crippen molar-refractivity contribution < 1.29 is 0 Å². The summed E-state index contributed by atoms with van der Waals surface area (Å²) in [4.78, 5) is 10.3. The van der Waals surface area contributed by atoms with E-state index in [-0.39, 0.29) is 0 Å². The molecule has 0 unspecified atom stereocenters. The summed E-state index contributed by atoms with van der Waals surface area (Å²) in [5, 5.41) is 6.06. The number of benzene rings is 7. The average molecular weight is 669 g/mol. The van der Waals surface area contributed by atoms with E-state index in [0.717, 1.165) is 33.4 Å². The highest BCUT2D eigenvalue weighted by Gasteiger charge is 2.22. The molecule has 4 aromatic heterocycles. The van der Waals surface area contributed by atoms with Gasteiger partial charge in [-0.25, -0.2) is 9.97 Å². The van der Waals surface area contributed by atoms with Crippen LogP contribution >= 0.6 is 11.3 Å². The van der Waals surface area contributed by atoms with E-state index in [4.69, 9.17) is 9.97 Å². The maximum Gasteiger partial charge on any atom is 0.160 e. The zero-order valence-corrected chi connectivity index (χ0v) is 28.2. The Labute approximate surface area is 297 Å². The maximum atomic E-state index is 5.21. The van der Waals surface area contributed by atoms with Gasteiger partial charge in [0.1, 0.15) is 0 Å². The minimum Gasteiger partial charge on any atom is -0.308 e. The molecule has 238 valence electrons. The third kappa shape index (κ3) is 4.19. The van der Waals surface area contributed by atoms with E-state index in [1.54, 1.807) is 0 Å². The van der Waals surface area contributed by atoms with E-state index in [1.807, 2.05) is 23.5 Å². The largest absolute Gasteiger partial charge is 0.308 e. The molecule has 0 aliphatic heterocycles. The van der Waals surface area contributed by atoms with Gasteiger partial charge in [-0.3, -0.25) is 0 Å². The number of hydrogen-bond donors (Lipinski definition) is 0. The summed E-state index contributed by atoms with van der Waals surface area (Å²) in [5.41, 5.74) is 11.1. The zero-order chi connectivity index (χ0) is 33.5. The maximum absolute atomic E-state index is 5.21. The van der Waals surface area contributed by atoms with Crippen LogP contribution in [0.4, 0.5) is 0 Å². The lowest BCUT2D eigenvalue weighted by molar-refractivity contribution is 1.17. The Balaban J connectivity index is 1.20. The molecule has 0 saturated heterocycles. The second kappa shape index (κ2) is 11.0. The van der Waals surface area contributed by atoms with Crippen LogP contribution in [0.1, 0.15) is 0 Å². The highest BCUT2D eigenvalue weighted by Crippen LogP contribution is 2.47. The molecule has 11 aromatic rings. The van der Waals surface area contributed by atoms with Crippen LogP contribution < -0.4 is 0 Å². The predicted octanol–water partition coefficient (Wildman–Crippen LogP) is 12.4. The smallest absolute Gasteiger partial charge is 0.160 e. The third-order valence-corrected chi connectivity index (χ3v) is 11.3. The molecule has 0 bridgehead atoms. The van der Waals surface area contributed by atoms with Crippen LogP contribution in [0.3, 0.4) is 0 Å². The van der Waals surface area contributed by atoms with Gasteiger partial charge in [0, 0.05) is 49.4 Å². The van der Waals surface area contributed by atoms with Crippen LogP contribution in [0.15, 0.2) is 170 Å². The van der Waals surface area contributed by atoms with Crippen LogP contribution in [-0.4, -0.2) is 19.1 Å². The molecule has 0 fully saturated rings. The van der Waals surface area contributed by atoms with E-state index in [9.17, 15) is 0 Å². The Morgan fingerprint density at radius 1 is 0.392 bits per heavy atom. The van der Waals surface area contributed by atoms with Crippen molar-refractivity contribution >= 4 is 75.3 Å². The minimum absolute atomic E-state index is 0.713. The Kier molecular flexibility index (Phi) is 6.09. The number of nitrogens with zero attached hydrogens (tertiary/aromatic N) is 4. The van der Waals surface area contributed by atoms with Crippen molar-refractivity contribution in [3.63, 3.8) is 0 Å². The lowest BCUT2D eigenvalue weighted by Gasteiger charge is -2.12. The fourth-order valence-electron chi connectivity index (χ4n) is 7.89. The first-order valence-corrected chi connectivity index (χ1v) is 18.0. The van der Waals surface area contributed by atoms with Gasteiger partial charge in [-0.1, -0.05) is 127 Å². The van der Waals surface area contributed by atoms with Crippen molar-refractivity contribution in [2.45, 2.75) is 0 Å². The van der Waals surface area contributed by atoms with Gasteiger partial charge in [0.2, 0.25) is 0 Å². The Hall–Kier alpha value is -6.56. The standard InChI is InChI=1S/C46H28N4S/c1-3-14-29(15-4-1)41-35-21-7-10-23-38(35)47-46(48-41)30-16-13-19-32(28-30)50-39-24-11-8-20-33(39)34-26-27-37-43-44(51-45(37)42(34)50)36-22-9-12-25-40(36)49(43)31-17-5-2-6-18-31/h1-28H. The summed E-state index contributed by atoms with van der Waals surface area (Å²) in [7, 11) is 0. The fraction of sp³-hybridized carbons (Fsp3) is 0. The van der Waals surface area contributed by atoms with Crippen LogP contribution in [0.5, 0.6) is 0 Å². The first-order chi connectivity index (χ1) is 25.3. The van der Waals surface area contributed by atoms with Crippen molar-refractivity contribution in [1.29, 1.82) is 0 Å². The van der Waals surface area contributed by atoms with Gasteiger partial charge in [0.25, 0.3) is 0 Å². The SMILES string of the molecule is c1ccc(-c2nc(-c3cccc(-n4c5ccccc5c5ccc6c(sc7c8ccccc8n(-c8ccccc8)c67)c54)c3)nc3ccccc23)cc1. The van der Waals surface area contributed by atoms with E-state index in [2.05, 4.69) is 167 Å². The van der Waals surface area contributed by atoms with Crippen molar-refractivity contribution in [1.82, 2.24) is 19.1 Å². The summed E-state index contributed by atoms with van der Waals surface area (Å²) < 4.78 is 7.47. The number of aromatic nitrogens is 4. The van der Waals surface area contributed by atoms with Gasteiger partial charge in [0.05, 0.1) is 42.7 Å². The second-order valence-corrected chi connectivity index (χ2v) is 14.0. The van der Waals surface area contributed by atoms with Crippen molar-refractivity contribution in [2.75, 3.05) is 0 Å². The summed E-state index contributed by atoms with van der Waals surface area (Å²) in [5.74, 6) is 0.713. The Morgan fingerprint density at radius 2 is 0.961 bits per heavy atom. The van der Waals surface area contributed by atoms with Crippen molar-refractivity contribution in [2.24, 2.45) is 0 Å². The molecular formula is C46H28N4S. The molecule has 0 aliphatic carbocycles. The van der Waals surface area contributed by atoms with Gasteiger partial charge in [-0.05, 0) is 42.5 Å². The highest BCUT2D eigenvalue weighted by atomic mass is 32.1. The number of thiophene rings is 1. The molecule has 11 rings (SSSR count). The topological polar surface area (TPSA) is 35.6 Å². The highest BCUT2D eigenvalue weighted by molar-refractivity contribution is 7.27. The number of rotatable bonds is 4. The van der Waals surface area contributed by atoms with Gasteiger partial charge in [-0.15, -0.1) is 11.3 Å². The number of fused-ring (bicyclic) bond motifs is 10. The molecule has 4 heterocycles. The van der Waals surface area contributed by atoms with Gasteiger partial charge >= 0.3 is 0 Å². The number of hydrogen-bond acceptors (Lipinski definition) is 3. The molecule has 0 N–H and O–H groups in total. The van der Waals surface area contributed by atoms with Gasteiger partial charge < -0.3 is 9.13 Å². The summed E-state index contributed by atoms with van der Waals surface area (Å²) in [6.07, 6.45) is 0. The normalized spacial score (nSPS) is 11.9. The first kappa shape index (κ1) is 28.3.